The molecule has 5 heteroatoms. The van der Waals surface area contributed by atoms with E-state index in [1.165, 1.54) is 10.4 Å². The summed E-state index contributed by atoms with van der Waals surface area (Å²) in [5.41, 5.74) is 1.28. The van der Waals surface area contributed by atoms with Crippen LogP contribution in [0.2, 0.25) is 4.34 Å². The first kappa shape index (κ1) is 14.8. The van der Waals surface area contributed by atoms with Gasteiger partial charge in [0.1, 0.15) is 0 Å². The van der Waals surface area contributed by atoms with Crippen molar-refractivity contribution in [2.24, 2.45) is 5.92 Å². The van der Waals surface area contributed by atoms with Crippen LogP contribution in [0.15, 0.2) is 6.07 Å². The van der Waals surface area contributed by atoms with Crippen LogP contribution in [-0.2, 0) is 11.2 Å². The molecular weight excluding hydrogens is 280 g/mol. The summed E-state index contributed by atoms with van der Waals surface area (Å²) in [6.07, 6.45) is 2.97. The summed E-state index contributed by atoms with van der Waals surface area (Å²) in [6, 6.07) is 2.18. The van der Waals surface area contributed by atoms with E-state index in [4.69, 9.17) is 11.6 Å². The highest BCUT2D eigenvalue weighted by atomic mass is 35.5. The fourth-order valence-electron chi connectivity index (χ4n) is 2.64. The lowest BCUT2D eigenvalue weighted by Crippen LogP contribution is -2.44. The van der Waals surface area contributed by atoms with Gasteiger partial charge in [-0.25, -0.2) is 0 Å². The van der Waals surface area contributed by atoms with Crippen LogP contribution in [0.25, 0.3) is 0 Å². The third-order valence-electron chi connectivity index (χ3n) is 3.52. The lowest BCUT2D eigenvalue weighted by atomic mass is 10.0. The molecule has 2 rings (SSSR count). The Hall–Kier alpha value is -0.580. The van der Waals surface area contributed by atoms with Gasteiger partial charge in [0.25, 0.3) is 0 Å². The molecule has 106 valence electrons. The topological polar surface area (TPSA) is 41.1 Å². The molecule has 0 bridgehead atoms. The molecule has 0 aliphatic heterocycles. The van der Waals surface area contributed by atoms with E-state index in [1.54, 1.807) is 18.4 Å². The number of rotatable bonds is 5. The third-order valence-corrected chi connectivity index (χ3v) is 4.86. The number of aryl methyl sites for hydroxylation is 1. The van der Waals surface area contributed by atoms with Crippen molar-refractivity contribution in [1.82, 2.24) is 10.6 Å². The number of carbonyl (C=O) groups excluding carboxylic acids is 1. The fourth-order valence-corrected chi connectivity index (χ4v) is 4.00. The maximum Gasteiger partial charge on any atom is 0.236 e. The largest absolute Gasteiger partial charge is 0.358 e. The number of hydrogen-bond donors (Lipinski definition) is 2. The van der Waals surface area contributed by atoms with E-state index in [-0.39, 0.29) is 18.0 Å². The Kier molecular flexibility index (Phi) is 4.87. The predicted molar refractivity (Wildman–Crippen MR) is 80.8 cm³/mol. The van der Waals surface area contributed by atoms with Gasteiger partial charge in [-0.2, -0.15) is 0 Å². The molecule has 2 unspecified atom stereocenters. The standard InChI is InChI=1S/C14H21ClN2OS/c1-8(2)6-11(14(18)16-3)17-10-4-5-12-9(10)7-13(15)19-12/h7-8,10-11,17H,4-6H2,1-3H3,(H,16,18). The molecule has 1 aromatic rings. The van der Waals surface area contributed by atoms with Gasteiger partial charge >= 0.3 is 0 Å². The van der Waals surface area contributed by atoms with Crippen molar-refractivity contribution in [3.8, 4) is 0 Å². The lowest BCUT2D eigenvalue weighted by molar-refractivity contribution is -0.123. The van der Waals surface area contributed by atoms with E-state index in [9.17, 15) is 4.79 Å². The highest BCUT2D eigenvalue weighted by Gasteiger charge is 2.29. The average molecular weight is 301 g/mol. The van der Waals surface area contributed by atoms with Crippen LogP contribution in [0, 0.1) is 5.92 Å². The quantitative estimate of drug-likeness (QED) is 0.877. The Labute approximate surface area is 123 Å². The normalized spacial score (nSPS) is 19.5. The molecule has 0 saturated carbocycles. The first-order valence-corrected chi connectivity index (χ1v) is 7.96. The molecule has 2 N–H and O–H groups in total. The molecule has 0 aromatic carbocycles. The molecule has 1 aliphatic carbocycles. The van der Waals surface area contributed by atoms with Crippen molar-refractivity contribution in [2.45, 2.75) is 45.2 Å². The predicted octanol–water partition coefficient (Wildman–Crippen LogP) is 3.14. The molecule has 0 saturated heterocycles. The van der Waals surface area contributed by atoms with Gasteiger partial charge in [0.05, 0.1) is 10.4 Å². The van der Waals surface area contributed by atoms with E-state index >= 15 is 0 Å². The summed E-state index contributed by atoms with van der Waals surface area (Å²) in [5.74, 6) is 0.560. The van der Waals surface area contributed by atoms with Gasteiger partial charge in [-0.05, 0) is 36.8 Å². The summed E-state index contributed by atoms with van der Waals surface area (Å²) >= 11 is 7.73. The number of carbonyl (C=O) groups is 1. The van der Waals surface area contributed by atoms with Crippen LogP contribution in [0.3, 0.4) is 0 Å². The number of nitrogens with one attached hydrogen (secondary N) is 2. The SMILES string of the molecule is CNC(=O)C(CC(C)C)NC1CCc2sc(Cl)cc21. The summed E-state index contributed by atoms with van der Waals surface area (Å²) in [6.45, 7) is 4.28. The molecule has 0 spiro atoms. The molecular formula is C14H21ClN2OS. The Morgan fingerprint density at radius 2 is 2.32 bits per heavy atom. The van der Waals surface area contributed by atoms with Crippen LogP contribution in [0.5, 0.6) is 0 Å². The molecule has 1 aliphatic rings. The van der Waals surface area contributed by atoms with Gasteiger partial charge < -0.3 is 5.32 Å². The van der Waals surface area contributed by atoms with Crippen molar-refractivity contribution in [1.29, 1.82) is 0 Å². The zero-order chi connectivity index (χ0) is 14.0. The minimum absolute atomic E-state index is 0.0727. The van der Waals surface area contributed by atoms with Gasteiger partial charge in [-0.15, -0.1) is 11.3 Å². The Morgan fingerprint density at radius 3 is 2.95 bits per heavy atom. The van der Waals surface area contributed by atoms with Crippen molar-refractivity contribution >= 4 is 28.8 Å². The molecule has 1 aromatic heterocycles. The smallest absolute Gasteiger partial charge is 0.236 e. The summed E-state index contributed by atoms with van der Waals surface area (Å²) < 4.78 is 0.844. The average Bonchev–Trinajstić information content (AvgIpc) is 2.87. The Morgan fingerprint density at radius 1 is 1.58 bits per heavy atom. The molecule has 1 heterocycles. The molecule has 19 heavy (non-hydrogen) atoms. The lowest BCUT2D eigenvalue weighted by Gasteiger charge is -2.23. The fraction of sp³-hybridized carbons (Fsp3) is 0.643. The summed E-state index contributed by atoms with van der Waals surface area (Å²) in [7, 11) is 1.69. The van der Waals surface area contributed by atoms with Gasteiger partial charge in [0.2, 0.25) is 5.91 Å². The zero-order valence-electron chi connectivity index (χ0n) is 11.6. The Balaban J connectivity index is 2.07. The first-order chi connectivity index (χ1) is 9.01. The highest BCUT2D eigenvalue weighted by Crippen LogP contribution is 2.39. The van der Waals surface area contributed by atoms with Crippen LogP contribution >= 0.6 is 22.9 Å². The van der Waals surface area contributed by atoms with Crippen molar-refractivity contribution < 1.29 is 4.79 Å². The molecule has 1 amide bonds. The third kappa shape index (κ3) is 3.50. The number of halogens is 1. The van der Waals surface area contributed by atoms with Crippen LogP contribution < -0.4 is 10.6 Å². The number of amides is 1. The number of likely N-dealkylation sites (N-methyl/N-ethyl adjacent to an activating group) is 1. The molecule has 3 nitrogen and oxygen atoms in total. The van der Waals surface area contributed by atoms with Crippen molar-refractivity contribution in [2.75, 3.05) is 7.05 Å². The highest BCUT2D eigenvalue weighted by molar-refractivity contribution is 7.16. The zero-order valence-corrected chi connectivity index (χ0v) is 13.2. The van der Waals surface area contributed by atoms with Crippen molar-refractivity contribution in [3.63, 3.8) is 0 Å². The minimum Gasteiger partial charge on any atom is -0.358 e. The van der Waals surface area contributed by atoms with E-state index < -0.39 is 0 Å². The van der Waals surface area contributed by atoms with Crippen molar-refractivity contribution in [3.05, 3.63) is 20.8 Å². The minimum atomic E-state index is -0.125. The second kappa shape index (κ2) is 6.25. The van der Waals surface area contributed by atoms with E-state index in [1.807, 2.05) is 6.07 Å². The van der Waals surface area contributed by atoms with Crippen LogP contribution in [0.1, 0.15) is 43.2 Å². The van der Waals surface area contributed by atoms with E-state index in [0.29, 0.717) is 5.92 Å². The molecule has 2 atom stereocenters. The van der Waals surface area contributed by atoms with Gasteiger partial charge in [0.15, 0.2) is 0 Å². The van der Waals surface area contributed by atoms with Gasteiger partial charge in [-0.1, -0.05) is 25.4 Å². The molecule has 0 radical (unpaired) electrons. The maximum absolute atomic E-state index is 12.0. The van der Waals surface area contributed by atoms with Crippen LogP contribution in [-0.4, -0.2) is 19.0 Å². The van der Waals surface area contributed by atoms with Gasteiger partial charge in [-0.3, -0.25) is 10.1 Å². The second-order valence-corrected chi connectivity index (χ2v) is 7.25. The van der Waals surface area contributed by atoms with Gasteiger partial charge in [0, 0.05) is 18.0 Å². The van der Waals surface area contributed by atoms with E-state index in [2.05, 4.69) is 24.5 Å². The number of thiophene rings is 1. The molecule has 0 fully saturated rings. The number of hydrogen-bond acceptors (Lipinski definition) is 3. The monoisotopic (exact) mass is 300 g/mol. The first-order valence-electron chi connectivity index (χ1n) is 6.77. The summed E-state index contributed by atoms with van der Waals surface area (Å²) in [4.78, 5) is 13.3. The van der Waals surface area contributed by atoms with E-state index in [0.717, 1.165) is 23.6 Å². The number of fused-ring (bicyclic) bond motifs is 1. The second-order valence-electron chi connectivity index (χ2n) is 5.48. The summed E-state index contributed by atoms with van der Waals surface area (Å²) in [5, 5.41) is 6.25. The van der Waals surface area contributed by atoms with Crippen LogP contribution in [0.4, 0.5) is 0 Å². The Bertz CT molecular complexity index is 458. The maximum atomic E-state index is 12.0.